The Balaban J connectivity index is 1.89. The lowest BCUT2D eigenvalue weighted by Gasteiger charge is -2.16. The first kappa shape index (κ1) is 16.7. The number of nitrogens with one attached hydrogen (secondary N) is 1. The van der Waals surface area contributed by atoms with E-state index in [1.165, 1.54) is 0 Å². The smallest absolute Gasteiger partial charge is 0.261 e. The fourth-order valence-corrected chi connectivity index (χ4v) is 2.04. The quantitative estimate of drug-likeness (QED) is 0.853. The lowest BCUT2D eigenvalue weighted by molar-refractivity contribution is -0.127. The van der Waals surface area contributed by atoms with Gasteiger partial charge in [0.2, 0.25) is 0 Å². The van der Waals surface area contributed by atoms with Crippen molar-refractivity contribution >= 4 is 5.91 Å². The van der Waals surface area contributed by atoms with Crippen LogP contribution >= 0.6 is 0 Å². The SMILES string of the molecule is COc1ccc(CNC(=O)[C@@H](C)Oc2ccccc2OC)cc1. The van der Waals surface area contributed by atoms with E-state index in [1.807, 2.05) is 36.4 Å². The molecule has 0 bridgehead atoms. The summed E-state index contributed by atoms with van der Waals surface area (Å²) >= 11 is 0. The number of hydrogen-bond donors (Lipinski definition) is 1. The van der Waals surface area contributed by atoms with E-state index in [4.69, 9.17) is 14.2 Å². The topological polar surface area (TPSA) is 56.8 Å². The number of carbonyl (C=O) groups excluding carboxylic acids is 1. The van der Waals surface area contributed by atoms with E-state index in [1.54, 1.807) is 33.3 Å². The Hall–Kier alpha value is -2.69. The van der Waals surface area contributed by atoms with E-state index in [0.717, 1.165) is 11.3 Å². The highest BCUT2D eigenvalue weighted by Gasteiger charge is 2.16. The zero-order chi connectivity index (χ0) is 16.7. The number of ether oxygens (including phenoxy) is 3. The van der Waals surface area contributed by atoms with Crippen LogP contribution in [0.25, 0.3) is 0 Å². The predicted octanol–water partition coefficient (Wildman–Crippen LogP) is 2.79. The third kappa shape index (κ3) is 4.64. The van der Waals surface area contributed by atoms with Crippen LogP contribution in [0.2, 0.25) is 0 Å². The standard InChI is InChI=1S/C18H21NO4/c1-13(23-17-7-5-4-6-16(17)22-3)18(20)19-12-14-8-10-15(21-2)11-9-14/h4-11,13H,12H2,1-3H3,(H,19,20)/t13-/m1/s1. The maximum absolute atomic E-state index is 12.1. The minimum atomic E-state index is -0.621. The Labute approximate surface area is 136 Å². The Bertz CT molecular complexity index is 640. The first-order chi connectivity index (χ1) is 11.1. The summed E-state index contributed by atoms with van der Waals surface area (Å²) < 4.78 is 16.0. The molecule has 122 valence electrons. The van der Waals surface area contributed by atoms with Crippen molar-refractivity contribution in [3.05, 3.63) is 54.1 Å². The van der Waals surface area contributed by atoms with Gasteiger partial charge in [0.05, 0.1) is 14.2 Å². The number of para-hydroxylation sites is 2. The Morgan fingerprint density at radius 3 is 2.26 bits per heavy atom. The molecule has 0 spiro atoms. The van der Waals surface area contributed by atoms with E-state index in [0.29, 0.717) is 18.0 Å². The van der Waals surface area contributed by atoms with Crippen LogP contribution < -0.4 is 19.5 Å². The van der Waals surface area contributed by atoms with Gasteiger partial charge in [-0.05, 0) is 36.8 Å². The molecule has 0 saturated carbocycles. The first-order valence-corrected chi connectivity index (χ1v) is 7.34. The van der Waals surface area contributed by atoms with Crippen molar-refractivity contribution in [2.24, 2.45) is 0 Å². The monoisotopic (exact) mass is 315 g/mol. The molecular formula is C18H21NO4. The van der Waals surface area contributed by atoms with E-state index in [9.17, 15) is 4.79 Å². The van der Waals surface area contributed by atoms with Gasteiger partial charge >= 0.3 is 0 Å². The molecule has 5 heteroatoms. The van der Waals surface area contributed by atoms with Gasteiger partial charge in [-0.3, -0.25) is 4.79 Å². The molecule has 1 atom stereocenters. The van der Waals surface area contributed by atoms with Gasteiger partial charge in [0.1, 0.15) is 5.75 Å². The van der Waals surface area contributed by atoms with Crippen molar-refractivity contribution in [1.29, 1.82) is 0 Å². The Morgan fingerprint density at radius 1 is 1.00 bits per heavy atom. The van der Waals surface area contributed by atoms with Gasteiger partial charge in [-0.25, -0.2) is 0 Å². The minimum Gasteiger partial charge on any atom is -0.497 e. The highest BCUT2D eigenvalue weighted by molar-refractivity contribution is 5.80. The first-order valence-electron chi connectivity index (χ1n) is 7.34. The molecule has 0 radical (unpaired) electrons. The van der Waals surface area contributed by atoms with E-state index >= 15 is 0 Å². The highest BCUT2D eigenvalue weighted by Crippen LogP contribution is 2.26. The van der Waals surface area contributed by atoms with Crippen LogP contribution in [0.1, 0.15) is 12.5 Å². The van der Waals surface area contributed by atoms with Crippen molar-refractivity contribution in [3.8, 4) is 17.2 Å². The molecule has 1 amide bonds. The van der Waals surface area contributed by atoms with E-state index < -0.39 is 6.10 Å². The van der Waals surface area contributed by atoms with Crippen molar-refractivity contribution in [2.45, 2.75) is 19.6 Å². The molecule has 2 rings (SSSR count). The van der Waals surface area contributed by atoms with Crippen molar-refractivity contribution in [3.63, 3.8) is 0 Å². The molecule has 0 aliphatic rings. The molecule has 2 aromatic carbocycles. The molecule has 0 saturated heterocycles. The number of carbonyl (C=O) groups is 1. The molecule has 23 heavy (non-hydrogen) atoms. The predicted molar refractivity (Wildman–Crippen MR) is 87.9 cm³/mol. The van der Waals surface area contributed by atoms with Crippen molar-refractivity contribution < 1.29 is 19.0 Å². The second kappa shape index (κ2) is 8.08. The zero-order valence-corrected chi connectivity index (χ0v) is 13.5. The normalized spacial score (nSPS) is 11.4. The van der Waals surface area contributed by atoms with Gasteiger partial charge < -0.3 is 19.5 Å². The number of benzene rings is 2. The van der Waals surface area contributed by atoms with Gasteiger partial charge in [0.25, 0.3) is 5.91 Å². The third-order valence-electron chi connectivity index (χ3n) is 3.37. The number of methoxy groups -OCH3 is 2. The lowest BCUT2D eigenvalue weighted by atomic mass is 10.2. The molecule has 2 aromatic rings. The summed E-state index contributed by atoms with van der Waals surface area (Å²) in [6.45, 7) is 2.14. The Kier molecular flexibility index (Phi) is 5.86. The maximum atomic E-state index is 12.1. The lowest BCUT2D eigenvalue weighted by Crippen LogP contribution is -2.35. The number of amides is 1. The fourth-order valence-electron chi connectivity index (χ4n) is 2.04. The van der Waals surface area contributed by atoms with Crippen molar-refractivity contribution in [2.75, 3.05) is 14.2 Å². The summed E-state index contributed by atoms with van der Waals surface area (Å²) in [5.41, 5.74) is 0.989. The summed E-state index contributed by atoms with van der Waals surface area (Å²) in [7, 11) is 3.18. The molecule has 0 unspecified atom stereocenters. The molecule has 0 aliphatic carbocycles. The van der Waals surface area contributed by atoms with E-state index in [2.05, 4.69) is 5.32 Å². The van der Waals surface area contributed by atoms with Crippen LogP contribution in [-0.4, -0.2) is 26.2 Å². The largest absolute Gasteiger partial charge is 0.497 e. The number of hydrogen-bond acceptors (Lipinski definition) is 4. The summed E-state index contributed by atoms with van der Waals surface area (Å²) in [4.78, 5) is 12.1. The second-order valence-corrected chi connectivity index (χ2v) is 4.98. The minimum absolute atomic E-state index is 0.188. The van der Waals surface area contributed by atoms with Crippen LogP contribution in [0, 0.1) is 0 Å². The van der Waals surface area contributed by atoms with Crippen LogP contribution in [0.3, 0.4) is 0 Å². The zero-order valence-electron chi connectivity index (χ0n) is 13.5. The van der Waals surface area contributed by atoms with Gasteiger partial charge in [-0.2, -0.15) is 0 Å². The van der Waals surface area contributed by atoms with Gasteiger partial charge in [-0.1, -0.05) is 24.3 Å². The van der Waals surface area contributed by atoms with Gasteiger partial charge in [-0.15, -0.1) is 0 Å². The molecule has 0 aliphatic heterocycles. The van der Waals surface area contributed by atoms with Crippen LogP contribution in [-0.2, 0) is 11.3 Å². The molecular weight excluding hydrogens is 294 g/mol. The molecule has 1 N–H and O–H groups in total. The summed E-state index contributed by atoms with van der Waals surface area (Å²) in [5.74, 6) is 1.74. The van der Waals surface area contributed by atoms with E-state index in [-0.39, 0.29) is 5.91 Å². The maximum Gasteiger partial charge on any atom is 0.261 e. The van der Waals surface area contributed by atoms with Gasteiger partial charge in [0.15, 0.2) is 17.6 Å². The Morgan fingerprint density at radius 2 is 1.65 bits per heavy atom. The van der Waals surface area contributed by atoms with Crippen LogP contribution in [0.4, 0.5) is 0 Å². The second-order valence-electron chi connectivity index (χ2n) is 4.98. The van der Waals surface area contributed by atoms with Crippen LogP contribution in [0.5, 0.6) is 17.2 Å². The van der Waals surface area contributed by atoms with Crippen LogP contribution in [0.15, 0.2) is 48.5 Å². The summed E-state index contributed by atoms with van der Waals surface area (Å²) in [5, 5.41) is 2.85. The number of rotatable bonds is 7. The summed E-state index contributed by atoms with van der Waals surface area (Å²) in [6, 6.07) is 14.8. The molecule has 5 nitrogen and oxygen atoms in total. The third-order valence-corrected chi connectivity index (χ3v) is 3.37. The molecule has 0 heterocycles. The van der Waals surface area contributed by atoms with Crippen molar-refractivity contribution in [1.82, 2.24) is 5.32 Å². The molecule has 0 aromatic heterocycles. The average Bonchev–Trinajstić information content (AvgIpc) is 2.60. The average molecular weight is 315 g/mol. The highest BCUT2D eigenvalue weighted by atomic mass is 16.5. The molecule has 0 fully saturated rings. The van der Waals surface area contributed by atoms with Gasteiger partial charge in [0, 0.05) is 6.54 Å². The summed E-state index contributed by atoms with van der Waals surface area (Å²) in [6.07, 6.45) is -0.621. The fraction of sp³-hybridized carbons (Fsp3) is 0.278.